The fourth-order valence-corrected chi connectivity index (χ4v) is 4.19. The van der Waals surface area contributed by atoms with Crippen molar-refractivity contribution in [1.29, 1.82) is 0 Å². The Hall–Kier alpha value is -2.79. The third kappa shape index (κ3) is 5.64. The van der Waals surface area contributed by atoms with E-state index >= 15 is 0 Å². The summed E-state index contributed by atoms with van der Waals surface area (Å²) in [5, 5.41) is 10.0. The van der Waals surface area contributed by atoms with E-state index in [1.54, 1.807) is 21.9 Å². The van der Waals surface area contributed by atoms with Crippen molar-refractivity contribution in [1.82, 2.24) is 14.7 Å². The van der Waals surface area contributed by atoms with E-state index in [4.69, 9.17) is 4.84 Å². The third-order valence-electron chi connectivity index (χ3n) is 6.17. The van der Waals surface area contributed by atoms with E-state index in [-0.39, 0.29) is 24.2 Å². The first-order valence-corrected chi connectivity index (χ1v) is 13.0. The molecule has 1 aliphatic carbocycles. The molecule has 0 bridgehead atoms. The predicted octanol–water partition coefficient (Wildman–Crippen LogP) is 1.53. The van der Waals surface area contributed by atoms with Gasteiger partial charge in [-0.1, -0.05) is 35.2 Å². The number of carbonyl (C=O) groups excluding carboxylic acids is 2. The Bertz CT molecular complexity index is 1150. The molecule has 9 nitrogen and oxygen atoms in total. The minimum absolute atomic E-state index is 0.0602. The van der Waals surface area contributed by atoms with E-state index in [1.165, 1.54) is 6.92 Å². The summed E-state index contributed by atoms with van der Waals surface area (Å²) in [6.07, 6.45) is 1.04. The molecule has 2 N–H and O–H groups in total. The van der Waals surface area contributed by atoms with Crippen LogP contribution in [0.3, 0.4) is 0 Å². The molecule has 1 aliphatic heterocycles. The van der Waals surface area contributed by atoms with Crippen molar-refractivity contribution in [3.63, 3.8) is 0 Å². The third-order valence-corrected chi connectivity index (χ3v) is 7.30. The van der Waals surface area contributed by atoms with Gasteiger partial charge >= 0.3 is 0 Å². The molecule has 34 heavy (non-hydrogen) atoms. The summed E-state index contributed by atoms with van der Waals surface area (Å²) in [6.45, 7) is 3.35. The van der Waals surface area contributed by atoms with Crippen LogP contribution in [0, 0.1) is 0 Å². The fraction of sp³-hybridized carbons (Fsp3) is 0.417. The largest absolute Gasteiger partial charge is 0.380 e. The zero-order chi connectivity index (χ0) is 24.3. The van der Waals surface area contributed by atoms with Gasteiger partial charge in [-0.05, 0) is 54.7 Å². The predicted molar refractivity (Wildman–Crippen MR) is 126 cm³/mol. The van der Waals surface area contributed by atoms with Crippen LogP contribution in [0.2, 0.25) is 0 Å². The molecule has 2 amide bonds. The number of nitrogens with one attached hydrogen (secondary N) is 1. The Balaban J connectivity index is 1.34. The molecular weight excluding hydrogens is 458 g/mol. The lowest BCUT2D eigenvalue weighted by Gasteiger charge is -2.35. The number of benzene rings is 2. The van der Waals surface area contributed by atoms with Crippen molar-refractivity contribution >= 4 is 21.8 Å². The maximum Gasteiger partial charge on any atom is 0.254 e. The zero-order valence-electron chi connectivity index (χ0n) is 19.1. The molecule has 1 saturated carbocycles. The summed E-state index contributed by atoms with van der Waals surface area (Å²) in [5.41, 5.74) is 2.04. The normalized spacial score (nSPS) is 17.5. The number of sulfonamides is 1. The molecule has 2 aromatic rings. The topological polar surface area (TPSA) is 116 Å². The fourth-order valence-electron chi connectivity index (χ4n) is 3.83. The maximum atomic E-state index is 12.9. The number of amides is 2. The van der Waals surface area contributed by atoms with Crippen molar-refractivity contribution in [3.05, 3.63) is 59.7 Å². The maximum absolute atomic E-state index is 12.9. The Labute approximate surface area is 199 Å². The minimum Gasteiger partial charge on any atom is -0.380 e. The monoisotopic (exact) mass is 487 g/mol. The van der Waals surface area contributed by atoms with Crippen LogP contribution in [0.4, 0.5) is 0 Å². The Morgan fingerprint density at radius 1 is 1.00 bits per heavy atom. The quantitative estimate of drug-likeness (QED) is 0.546. The number of piperazine rings is 1. The van der Waals surface area contributed by atoms with Crippen molar-refractivity contribution in [3.8, 4) is 11.1 Å². The molecule has 0 unspecified atom stereocenters. The molecule has 0 atom stereocenters. The van der Waals surface area contributed by atoms with Crippen LogP contribution in [0.15, 0.2) is 48.5 Å². The second-order valence-corrected chi connectivity index (χ2v) is 10.6. The highest BCUT2D eigenvalue weighted by atomic mass is 32.2. The van der Waals surface area contributed by atoms with Gasteiger partial charge in [-0.2, -0.15) is 0 Å². The van der Waals surface area contributed by atoms with Gasteiger partial charge in [-0.25, -0.2) is 8.42 Å². The Morgan fingerprint density at radius 2 is 1.65 bits per heavy atom. The first-order valence-electron chi connectivity index (χ1n) is 11.3. The second kappa shape index (κ2) is 9.83. The lowest BCUT2D eigenvalue weighted by molar-refractivity contribution is -0.143. The SMILES string of the molecule is CCS(=O)(=O)NOCc1cccc(-c2ccc(C(=O)N3CCN(C(=O)C4(O)CC4)CC3)cc2)c1. The van der Waals surface area contributed by atoms with E-state index in [9.17, 15) is 23.1 Å². The van der Waals surface area contributed by atoms with Crippen LogP contribution in [0.5, 0.6) is 0 Å². The van der Waals surface area contributed by atoms with E-state index in [1.807, 2.05) is 36.4 Å². The van der Waals surface area contributed by atoms with Gasteiger partial charge in [-0.15, -0.1) is 0 Å². The number of carbonyl (C=O) groups is 2. The standard InChI is InChI=1S/C24H29N3O6S/c1-2-34(31,32)25-33-17-18-4-3-5-21(16-18)19-6-8-20(9-7-19)22(28)26-12-14-27(15-13-26)23(29)24(30)10-11-24/h3-9,16,25,30H,2,10-15,17H2,1H3. The number of hydrogen-bond donors (Lipinski definition) is 2. The average Bonchev–Trinajstić information content (AvgIpc) is 3.62. The number of aliphatic hydroxyl groups is 1. The molecule has 10 heteroatoms. The number of nitrogens with zero attached hydrogens (tertiary/aromatic N) is 2. The van der Waals surface area contributed by atoms with E-state index in [0.717, 1.165) is 16.7 Å². The summed E-state index contributed by atoms with van der Waals surface area (Å²) >= 11 is 0. The Kier molecular flexibility index (Phi) is 7.04. The van der Waals surface area contributed by atoms with Gasteiger partial charge < -0.3 is 14.9 Å². The molecule has 0 aromatic heterocycles. The van der Waals surface area contributed by atoms with Crippen molar-refractivity contribution in [2.45, 2.75) is 32.0 Å². The summed E-state index contributed by atoms with van der Waals surface area (Å²) < 4.78 is 22.9. The van der Waals surface area contributed by atoms with Crippen LogP contribution in [0.25, 0.3) is 11.1 Å². The van der Waals surface area contributed by atoms with Gasteiger partial charge in [-0.3, -0.25) is 14.4 Å². The van der Waals surface area contributed by atoms with Crippen molar-refractivity contribution < 1.29 is 28.0 Å². The van der Waals surface area contributed by atoms with Gasteiger partial charge in [0.1, 0.15) is 5.60 Å². The molecule has 2 fully saturated rings. The van der Waals surface area contributed by atoms with E-state index < -0.39 is 15.6 Å². The molecule has 0 spiro atoms. The minimum atomic E-state index is -3.42. The van der Waals surface area contributed by atoms with Crippen molar-refractivity contribution in [2.24, 2.45) is 0 Å². The average molecular weight is 488 g/mol. The molecule has 1 saturated heterocycles. The smallest absolute Gasteiger partial charge is 0.254 e. The van der Waals surface area contributed by atoms with Gasteiger partial charge in [0, 0.05) is 31.7 Å². The van der Waals surface area contributed by atoms with Crippen LogP contribution in [0.1, 0.15) is 35.7 Å². The zero-order valence-corrected chi connectivity index (χ0v) is 19.9. The molecular formula is C24H29N3O6S. The van der Waals surface area contributed by atoms with Crippen molar-refractivity contribution in [2.75, 3.05) is 31.9 Å². The van der Waals surface area contributed by atoms with Gasteiger partial charge in [0.25, 0.3) is 11.8 Å². The first kappa shape index (κ1) is 24.3. The van der Waals surface area contributed by atoms with Gasteiger partial charge in [0.05, 0.1) is 12.4 Å². The van der Waals surface area contributed by atoms with Crippen LogP contribution in [-0.2, 0) is 26.3 Å². The van der Waals surface area contributed by atoms with E-state index in [0.29, 0.717) is 44.6 Å². The highest BCUT2D eigenvalue weighted by Gasteiger charge is 2.50. The number of hydrogen-bond acceptors (Lipinski definition) is 6. The van der Waals surface area contributed by atoms with Gasteiger partial charge in [0.2, 0.25) is 10.0 Å². The van der Waals surface area contributed by atoms with E-state index in [2.05, 4.69) is 4.89 Å². The molecule has 1 heterocycles. The lowest BCUT2D eigenvalue weighted by Crippen LogP contribution is -2.53. The van der Waals surface area contributed by atoms with Crippen LogP contribution in [-0.4, -0.2) is 72.7 Å². The number of rotatable bonds is 8. The molecule has 0 radical (unpaired) electrons. The summed E-state index contributed by atoms with van der Waals surface area (Å²) in [6, 6.07) is 14.8. The highest BCUT2D eigenvalue weighted by Crippen LogP contribution is 2.37. The molecule has 182 valence electrons. The molecule has 2 aromatic carbocycles. The lowest BCUT2D eigenvalue weighted by atomic mass is 10.0. The Morgan fingerprint density at radius 3 is 2.26 bits per heavy atom. The first-order chi connectivity index (χ1) is 16.2. The summed E-state index contributed by atoms with van der Waals surface area (Å²) in [5.74, 6) is -0.372. The van der Waals surface area contributed by atoms with Crippen LogP contribution >= 0.6 is 0 Å². The summed E-state index contributed by atoms with van der Waals surface area (Å²) in [4.78, 5) is 35.7. The highest BCUT2D eigenvalue weighted by molar-refractivity contribution is 7.89. The molecule has 4 rings (SSSR count). The van der Waals surface area contributed by atoms with Gasteiger partial charge in [0.15, 0.2) is 0 Å². The van der Waals surface area contributed by atoms with Crippen LogP contribution < -0.4 is 4.89 Å². The summed E-state index contributed by atoms with van der Waals surface area (Å²) in [7, 11) is -3.42. The second-order valence-electron chi connectivity index (χ2n) is 8.67. The molecule has 2 aliphatic rings.